The van der Waals surface area contributed by atoms with Gasteiger partial charge in [-0.3, -0.25) is 4.79 Å². The number of benzene rings is 2. The summed E-state index contributed by atoms with van der Waals surface area (Å²) in [4.78, 5) is 12.4. The number of hydrazone groups is 1. The maximum atomic E-state index is 12.4. The Morgan fingerprint density at radius 1 is 1.15 bits per heavy atom. The fraction of sp³-hybridized carbons (Fsp3) is 0.200. The van der Waals surface area contributed by atoms with E-state index in [9.17, 15) is 4.79 Å². The van der Waals surface area contributed by atoms with E-state index >= 15 is 0 Å². The highest BCUT2D eigenvalue weighted by Gasteiger charge is 2.13. The first-order chi connectivity index (χ1) is 12.6. The summed E-state index contributed by atoms with van der Waals surface area (Å²) in [6.45, 7) is 2.02. The second-order valence-electron chi connectivity index (χ2n) is 5.84. The molecule has 0 unspecified atom stereocenters. The standard InChI is InChI=1S/C20H21N3O3/c1-13-17(15-7-5-6-8-18(15)23(13)2)12-21-22-20(24)16-10-9-14(25-3)11-19(16)26-4/h5-12H,1-4H3,(H,22,24)/b21-12-. The number of hydrogen-bond acceptors (Lipinski definition) is 4. The zero-order valence-electron chi connectivity index (χ0n) is 15.2. The molecule has 0 fully saturated rings. The lowest BCUT2D eigenvalue weighted by molar-refractivity contribution is 0.0952. The van der Waals surface area contributed by atoms with E-state index in [-0.39, 0.29) is 5.91 Å². The molecule has 1 aromatic heterocycles. The highest BCUT2D eigenvalue weighted by Crippen LogP contribution is 2.25. The van der Waals surface area contributed by atoms with Crippen LogP contribution in [0.5, 0.6) is 11.5 Å². The molecule has 0 saturated heterocycles. The van der Waals surface area contributed by atoms with Crippen LogP contribution in [-0.4, -0.2) is 30.9 Å². The van der Waals surface area contributed by atoms with Gasteiger partial charge in [-0.25, -0.2) is 5.43 Å². The van der Waals surface area contributed by atoms with Crippen molar-refractivity contribution >= 4 is 23.0 Å². The first-order valence-electron chi connectivity index (χ1n) is 8.16. The summed E-state index contributed by atoms with van der Waals surface area (Å²) >= 11 is 0. The van der Waals surface area contributed by atoms with Crippen LogP contribution in [0.2, 0.25) is 0 Å². The Labute approximate surface area is 152 Å². The third kappa shape index (κ3) is 3.13. The zero-order chi connectivity index (χ0) is 18.7. The number of nitrogens with one attached hydrogen (secondary N) is 1. The minimum absolute atomic E-state index is 0.348. The van der Waals surface area contributed by atoms with Gasteiger partial charge < -0.3 is 14.0 Å². The van der Waals surface area contributed by atoms with Crippen molar-refractivity contribution in [2.24, 2.45) is 12.1 Å². The molecule has 0 aliphatic rings. The summed E-state index contributed by atoms with van der Waals surface area (Å²) in [5.74, 6) is 0.699. The first kappa shape index (κ1) is 17.5. The Bertz CT molecular complexity index is 989. The van der Waals surface area contributed by atoms with Crippen molar-refractivity contribution in [3.63, 3.8) is 0 Å². The van der Waals surface area contributed by atoms with Crippen LogP contribution >= 0.6 is 0 Å². The van der Waals surface area contributed by atoms with Gasteiger partial charge in [0, 0.05) is 35.3 Å². The van der Waals surface area contributed by atoms with E-state index in [1.54, 1.807) is 31.5 Å². The van der Waals surface area contributed by atoms with Crippen LogP contribution in [0.15, 0.2) is 47.6 Å². The minimum atomic E-state index is -0.348. The highest BCUT2D eigenvalue weighted by atomic mass is 16.5. The molecule has 0 aliphatic heterocycles. The third-order valence-electron chi connectivity index (χ3n) is 4.46. The van der Waals surface area contributed by atoms with E-state index < -0.39 is 0 Å². The van der Waals surface area contributed by atoms with Crippen LogP contribution in [0.1, 0.15) is 21.6 Å². The minimum Gasteiger partial charge on any atom is -0.497 e. The molecule has 0 atom stereocenters. The molecular formula is C20H21N3O3. The Morgan fingerprint density at radius 2 is 1.92 bits per heavy atom. The molecule has 0 saturated carbocycles. The van der Waals surface area contributed by atoms with Gasteiger partial charge in [0.1, 0.15) is 11.5 Å². The Hall–Kier alpha value is -3.28. The van der Waals surface area contributed by atoms with Crippen molar-refractivity contribution in [2.45, 2.75) is 6.92 Å². The quantitative estimate of drug-likeness (QED) is 0.567. The molecule has 0 aliphatic carbocycles. The molecule has 0 spiro atoms. The summed E-state index contributed by atoms with van der Waals surface area (Å²) < 4.78 is 12.5. The predicted molar refractivity (Wildman–Crippen MR) is 102 cm³/mol. The van der Waals surface area contributed by atoms with Gasteiger partial charge in [-0.05, 0) is 25.1 Å². The van der Waals surface area contributed by atoms with Gasteiger partial charge in [-0.1, -0.05) is 18.2 Å². The van der Waals surface area contributed by atoms with Crippen molar-refractivity contribution in [3.05, 3.63) is 59.3 Å². The topological polar surface area (TPSA) is 64.8 Å². The van der Waals surface area contributed by atoms with E-state index in [1.165, 1.54) is 7.11 Å². The van der Waals surface area contributed by atoms with E-state index in [0.29, 0.717) is 17.1 Å². The maximum absolute atomic E-state index is 12.4. The van der Waals surface area contributed by atoms with Crippen LogP contribution in [0.25, 0.3) is 10.9 Å². The molecule has 6 heteroatoms. The molecule has 2 aromatic carbocycles. The molecular weight excluding hydrogens is 330 g/mol. The summed E-state index contributed by atoms with van der Waals surface area (Å²) in [5.41, 5.74) is 6.12. The van der Waals surface area contributed by atoms with Crippen LogP contribution in [0.3, 0.4) is 0 Å². The molecule has 26 heavy (non-hydrogen) atoms. The Morgan fingerprint density at radius 3 is 2.65 bits per heavy atom. The van der Waals surface area contributed by atoms with E-state index in [4.69, 9.17) is 9.47 Å². The second-order valence-corrected chi connectivity index (χ2v) is 5.84. The van der Waals surface area contributed by atoms with Crippen LogP contribution in [-0.2, 0) is 7.05 Å². The van der Waals surface area contributed by atoms with Gasteiger partial charge in [0.15, 0.2) is 0 Å². The smallest absolute Gasteiger partial charge is 0.275 e. The predicted octanol–water partition coefficient (Wildman–Crippen LogP) is 3.27. The number of rotatable bonds is 5. The second kappa shape index (κ2) is 7.31. The van der Waals surface area contributed by atoms with Crippen molar-refractivity contribution in [3.8, 4) is 11.5 Å². The number of para-hydroxylation sites is 1. The first-order valence-corrected chi connectivity index (χ1v) is 8.16. The van der Waals surface area contributed by atoms with Gasteiger partial charge in [0.2, 0.25) is 0 Å². The summed E-state index contributed by atoms with van der Waals surface area (Å²) in [7, 11) is 5.08. The average Bonchev–Trinajstić information content (AvgIpc) is 2.92. The number of carbonyl (C=O) groups excluding carboxylic acids is 1. The number of amides is 1. The van der Waals surface area contributed by atoms with Gasteiger partial charge in [0.25, 0.3) is 5.91 Å². The molecule has 3 rings (SSSR count). The molecule has 3 aromatic rings. The summed E-state index contributed by atoms with van der Waals surface area (Å²) in [5, 5.41) is 5.23. The normalized spacial score (nSPS) is 11.1. The lowest BCUT2D eigenvalue weighted by atomic mass is 10.1. The number of methoxy groups -OCH3 is 2. The van der Waals surface area contributed by atoms with Gasteiger partial charge in [0.05, 0.1) is 26.0 Å². The van der Waals surface area contributed by atoms with Crippen LogP contribution < -0.4 is 14.9 Å². The molecule has 1 heterocycles. The maximum Gasteiger partial charge on any atom is 0.275 e. The van der Waals surface area contributed by atoms with Crippen molar-refractivity contribution in [2.75, 3.05) is 14.2 Å². The molecule has 0 bridgehead atoms. The number of aryl methyl sites for hydroxylation is 1. The van der Waals surface area contributed by atoms with E-state index in [2.05, 4.69) is 21.2 Å². The lowest BCUT2D eigenvalue weighted by Gasteiger charge is -2.08. The average molecular weight is 351 g/mol. The van der Waals surface area contributed by atoms with E-state index in [1.807, 2.05) is 32.2 Å². The van der Waals surface area contributed by atoms with Crippen LogP contribution in [0.4, 0.5) is 0 Å². The number of ether oxygens (including phenoxy) is 2. The fourth-order valence-electron chi connectivity index (χ4n) is 2.91. The zero-order valence-corrected chi connectivity index (χ0v) is 15.2. The number of nitrogens with zero attached hydrogens (tertiary/aromatic N) is 2. The Kier molecular flexibility index (Phi) is 4.93. The van der Waals surface area contributed by atoms with Crippen LogP contribution in [0, 0.1) is 6.92 Å². The van der Waals surface area contributed by atoms with Crippen molar-refractivity contribution in [1.29, 1.82) is 0 Å². The van der Waals surface area contributed by atoms with Crippen molar-refractivity contribution < 1.29 is 14.3 Å². The molecule has 1 amide bonds. The van der Waals surface area contributed by atoms with Gasteiger partial charge in [-0.15, -0.1) is 0 Å². The highest BCUT2D eigenvalue weighted by molar-refractivity contribution is 6.02. The largest absolute Gasteiger partial charge is 0.497 e. The molecule has 1 N–H and O–H groups in total. The van der Waals surface area contributed by atoms with E-state index in [0.717, 1.165) is 22.2 Å². The molecule has 0 radical (unpaired) electrons. The molecule has 6 nitrogen and oxygen atoms in total. The lowest BCUT2D eigenvalue weighted by Crippen LogP contribution is -2.18. The van der Waals surface area contributed by atoms with Gasteiger partial charge >= 0.3 is 0 Å². The monoisotopic (exact) mass is 351 g/mol. The molecule has 134 valence electrons. The fourth-order valence-corrected chi connectivity index (χ4v) is 2.91. The van der Waals surface area contributed by atoms with Crippen molar-refractivity contribution in [1.82, 2.24) is 9.99 Å². The Balaban J connectivity index is 1.84. The number of hydrogen-bond donors (Lipinski definition) is 1. The summed E-state index contributed by atoms with van der Waals surface area (Å²) in [6, 6.07) is 13.1. The SMILES string of the molecule is COc1ccc(C(=O)N/N=C\c2c(C)n(C)c3ccccc23)c(OC)c1. The van der Waals surface area contributed by atoms with Gasteiger partial charge in [-0.2, -0.15) is 5.10 Å². The number of aromatic nitrogens is 1. The third-order valence-corrected chi connectivity index (χ3v) is 4.46. The summed E-state index contributed by atoms with van der Waals surface area (Å²) in [6.07, 6.45) is 1.67. The number of fused-ring (bicyclic) bond motifs is 1. The number of carbonyl (C=O) groups is 1.